The summed E-state index contributed by atoms with van der Waals surface area (Å²) in [6.07, 6.45) is 9.57. The minimum Gasteiger partial charge on any atom is -0.494 e. The molecule has 1 unspecified atom stereocenters. The lowest BCUT2D eigenvalue weighted by Gasteiger charge is -2.16. The van der Waals surface area contributed by atoms with Crippen molar-refractivity contribution in [3.05, 3.63) is 60.7 Å². The van der Waals surface area contributed by atoms with Crippen LogP contribution in [0.5, 0.6) is 5.75 Å². The van der Waals surface area contributed by atoms with E-state index >= 15 is 0 Å². The number of hydrogen-bond donors (Lipinski definition) is 0. The maximum absolute atomic E-state index is 5.88. The second-order valence-electron chi connectivity index (χ2n) is 6.97. The van der Waals surface area contributed by atoms with Gasteiger partial charge in [-0.3, -0.25) is 0 Å². The molecule has 1 nitrogen and oxygen atoms in total. The Kier molecular flexibility index (Phi) is 10.1. The second-order valence-corrected chi connectivity index (χ2v) is 10.2. The second kappa shape index (κ2) is 12.8. The van der Waals surface area contributed by atoms with Crippen LogP contribution in [0.1, 0.15) is 51.9 Å². The zero-order valence-electron chi connectivity index (χ0n) is 15.8. The first kappa shape index (κ1) is 19.8. The summed E-state index contributed by atoms with van der Waals surface area (Å²) in [5.41, 5.74) is 0. The van der Waals surface area contributed by atoms with Gasteiger partial charge < -0.3 is 4.74 Å². The van der Waals surface area contributed by atoms with E-state index in [9.17, 15) is 0 Å². The average Bonchev–Trinajstić information content (AvgIpc) is 2.67. The highest BCUT2D eigenvalue weighted by molar-refractivity contribution is 6.73. The van der Waals surface area contributed by atoms with Crippen LogP contribution in [0.25, 0.3) is 0 Å². The van der Waals surface area contributed by atoms with Crippen LogP contribution >= 0.6 is 0 Å². The van der Waals surface area contributed by atoms with Crippen molar-refractivity contribution < 1.29 is 4.74 Å². The van der Waals surface area contributed by atoms with Crippen molar-refractivity contribution in [2.24, 2.45) is 0 Å². The Morgan fingerprint density at radius 3 is 2.00 bits per heavy atom. The van der Waals surface area contributed by atoms with Crippen molar-refractivity contribution in [1.82, 2.24) is 0 Å². The minimum atomic E-state index is -0.856. The van der Waals surface area contributed by atoms with Crippen LogP contribution in [0, 0.1) is 0 Å². The molecule has 0 saturated heterocycles. The molecule has 0 aromatic heterocycles. The molecule has 0 aliphatic carbocycles. The van der Waals surface area contributed by atoms with E-state index in [1.54, 1.807) is 5.19 Å². The lowest BCUT2D eigenvalue weighted by Crippen LogP contribution is -2.29. The van der Waals surface area contributed by atoms with Crippen molar-refractivity contribution in [3.8, 4) is 5.75 Å². The fraction of sp³-hybridized carbons (Fsp3) is 0.478. The van der Waals surface area contributed by atoms with Crippen molar-refractivity contribution in [2.75, 3.05) is 6.61 Å². The fourth-order valence-electron chi connectivity index (χ4n) is 3.41. The molecule has 0 spiro atoms. The molecular formula is C23H34OSi. The van der Waals surface area contributed by atoms with Gasteiger partial charge in [0.15, 0.2) is 0 Å². The highest BCUT2D eigenvalue weighted by Crippen LogP contribution is 2.14. The van der Waals surface area contributed by atoms with E-state index in [2.05, 4.69) is 37.3 Å². The maximum Gasteiger partial charge on any atom is 0.119 e. The SMILES string of the molecule is CCCCCCCC[SiH](CCCOc1ccccc1)c1ccccc1. The van der Waals surface area contributed by atoms with E-state index < -0.39 is 8.80 Å². The molecule has 0 amide bonds. The maximum atomic E-state index is 5.88. The van der Waals surface area contributed by atoms with Gasteiger partial charge in [0, 0.05) is 0 Å². The lowest BCUT2D eigenvalue weighted by atomic mass is 10.1. The summed E-state index contributed by atoms with van der Waals surface area (Å²) >= 11 is 0. The van der Waals surface area contributed by atoms with E-state index in [1.807, 2.05) is 30.3 Å². The first-order valence-electron chi connectivity index (χ1n) is 10.1. The molecule has 0 radical (unpaired) electrons. The first-order chi connectivity index (χ1) is 12.4. The van der Waals surface area contributed by atoms with Crippen molar-refractivity contribution in [3.63, 3.8) is 0 Å². The van der Waals surface area contributed by atoms with Gasteiger partial charge in [0.25, 0.3) is 0 Å². The highest BCUT2D eigenvalue weighted by atomic mass is 28.3. The number of ether oxygens (including phenoxy) is 1. The van der Waals surface area contributed by atoms with Gasteiger partial charge in [-0.1, -0.05) is 111 Å². The van der Waals surface area contributed by atoms with Gasteiger partial charge in [-0.2, -0.15) is 0 Å². The molecule has 136 valence electrons. The van der Waals surface area contributed by atoms with E-state index in [1.165, 1.54) is 57.0 Å². The molecule has 0 aliphatic rings. The molecule has 0 heterocycles. The van der Waals surface area contributed by atoms with Crippen LogP contribution in [0.15, 0.2) is 60.7 Å². The number of rotatable bonds is 13. The normalized spacial score (nSPS) is 12.0. The zero-order valence-corrected chi connectivity index (χ0v) is 17.0. The third-order valence-corrected chi connectivity index (χ3v) is 8.42. The number of hydrogen-bond acceptors (Lipinski definition) is 1. The Morgan fingerprint density at radius 2 is 1.28 bits per heavy atom. The molecule has 2 heteroatoms. The first-order valence-corrected chi connectivity index (χ1v) is 12.3. The summed E-state index contributed by atoms with van der Waals surface area (Å²) < 4.78 is 5.88. The molecule has 0 bridgehead atoms. The topological polar surface area (TPSA) is 9.23 Å². The number of para-hydroxylation sites is 1. The van der Waals surface area contributed by atoms with Gasteiger partial charge in [0.1, 0.15) is 5.75 Å². The largest absolute Gasteiger partial charge is 0.494 e. The van der Waals surface area contributed by atoms with Gasteiger partial charge in [0.2, 0.25) is 0 Å². The monoisotopic (exact) mass is 354 g/mol. The van der Waals surface area contributed by atoms with Crippen molar-refractivity contribution in [2.45, 2.75) is 64.0 Å². The Morgan fingerprint density at radius 1 is 0.680 bits per heavy atom. The van der Waals surface area contributed by atoms with E-state index in [0.29, 0.717) is 0 Å². The standard InChI is InChI=1S/C23H34OSi/c1-2-3-4-5-6-13-20-25(23-17-11-8-12-18-23)21-14-19-24-22-15-9-7-10-16-22/h7-12,15-18,25H,2-6,13-14,19-21H2,1H3. The quantitative estimate of drug-likeness (QED) is 0.319. The molecule has 25 heavy (non-hydrogen) atoms. The molecule has 2 aromatic carbocycles. The lowest BCUT2D eigenvalue weighted by molar-refractivity contribution is 0.317. The minimum absolute atomic E-state index is 0.844. The van der Waals surface area contributed by atoms with Gasteiger partial charge in [0.05, 0.1) is 15.4 Å². The van der Waals surface area contributed by atoms with Crippen molar-refractivity contribution >= 4 is 14.0 Å². The predicted molar refractivity (Wildman–Crippen MR) is 113 cm³/mol. The Balaban J connectivity index is 1.72. The van der Waals surface area contributed by atoms with Crippen LogP contribution in [-0.2, 0) is 0 Å². The predicted octanol–water partition coefficient (Wildman–Crippen LogP) is 5.95. The molecule has 0 fully saturated rings. The number of benzene rings is 2. The third kappa shape index (κ3) is 8.40. The van der Waals surface area contributed by atoms with Crippen LogP contribution in [0.2, 0.25) is 12.1 Å². The van der Waals surface area contributed by atoms with Crippen LogP contribution in [-0.4, -0.2) is 15.4 Å². The fourth-order valence-corrected chi connectivity index (χ4v) is 6.57. The van der Waals surface area contributed by atoms with E-state index in [4.69, 9.17) is 4.74 Å². The molecule has 2 aromatic rings. The summed E-state index contributed by atoms with van der Waals surface area (Å²) in [4.78, 5) is 0. The molecular weight excluding hydrogens is 320 g/mol. The molecule has 2 rings (SSSR count). The summed E-state index contributed by atoms with van der Waals surface area (Å²) in [6, 6.07) is 24.2. The Hall–Kier alpha value is -1.54. The Bertz CT molecular complexity index is 541. The smallest absolute Gasteiger partial charge is 0.119 e. The summed E-state index contributed by atoms with van der Waals surface area (Å²) in [7, 11) is -0.856. The van der Waals surface area contributed by atoms with Gasteiger partial charge in [-0.25, -0.2) is 0 Å². The summed E-state index contributed by atoms with van der Waals surface area (Å²) in [6.45, 7) is 3.13. The number of unbranched alkanes of at least 4 members (excludes halogenated alkanes) is 5. The van der Waals surface area contributed by atoms with Gasteiger partial charge in [-0.05, 0) is 18.6 Å². The van der Waals surface area contributed by atoms with E-state index in [0.717, 1.165) is 12.4 Å². The summed E-state index contributed by atoms with van der Waals surface area (Å²) in [5.74, 6) is 0.997. The van der Waals surface area contributed by atoms with Gasteiger partial charge >= 0.3 is 0 Å². The molecule has 0 saturated carbocycles. The van der Waals surface area contributed by atoms with Crippen LogP contribution in [0.3, 0.4) is 0 Å². The van der Waals surface area contributed by atoms with Crippen LogP contribution in [0.4, 0.5) is 0 Å². The molecule has 0 aliphatic heterocycles. The molecule has 1 atom stereocenters. The summed E-state index contributed by atoms with van der Waals surface area (Å²) in [5, 5.41) is 1.63. The highest BCUT2D eigenvalue weighted by Gasteiger charge is 2.13. The van der Waals surface area contributed by atoms with Crippen molar-refractivity contribution in [1.29, 1.82) is 0 Å². The van der Waals surface area contributed by atoms with Gasteiger partial charge in [-0.15, -0.1) is 0 Å². The Labute approximate surface area is 156 Å². The molecule has 0 N–H and O–H groups in total. The average molecular weight is 355 g/mol. The third-order valence-electron chi connectivity index (χ3n) is 4.89. The van der Waals surface area contributed by atoms with E-state index in [-0.39, 0.29) is 0 Å². The van der Waals surface area contributed by atoms with Crippen LogP contribution < -0.4 is 9.92 Å². The zero-order chi connectivity index (χ0) is 17.6.